The summed E-state index contributed by atoms with van der Waals surface area (Å²) in [6.45, 7) is 5.15. The molecule has 0 atom stereocenters. The Hall–Kier alpha value is -1.50. The molecule has 0 amide bonds. The SMILES string of the molecule is Cc1cnn(C2CN(Cc3csc(-c4ccsc4)n3)C2)c1. The van der Waals surface area contributed by atoms with E-state index in [1.807, 2.05) is 6.20 Å². The molecular weight excluding hydrogens is 300 g/mol. The lowest BCUT2D eigenvalue weighted by molar-refractivity contribution is 0.0897. The van der Waals surface area contributed by atoms with Crippen molar-refractivity contribution in [3.05, 3.63) is 45.9 Å². The Morgan fingerprint density at radius 2 is 2.24 bits per heavy atom. The molecule has 6 heteroatoms. The Bertz CT molecular complexity index is 723. The summed E-state index contributed by atoms with van der Waals surface area (Å²) in [5.74, 6) is 0. The van der Waals surface area contributed by atoms with Crippen LogP contribution in [0.1, 0.15) is 17.3 Å². The average Bonchev–Trinajstić information content (AvgIpc) is 3.14. The molecule has 0 N–H and O–H groups in total. The Morgan fingerprint density at radius 3 is 2.95 bits per heavy atom. The van der Waals surface area contributed by atoms with Gasteiger partial charge in [0.2, 0.25) is 0 Å². The third-order valence-corrected chi connectivity index (χ3v) is 5.37. The highest BCUT2D eigenvalue weighted by molar-refractivity contribution is 7.14. The van der Waals surface area contributed by atoms with Crippen LogP contribution in [-0.2, 0) is 6.54 Å². The van der Waals surface area contributed by atoms with E-state index in [0.717, 1.165) is 24.6 Å². The van der Waals surface area contributed by atoms with Crippen LogP contribution in [0.5, 0.6) is 0 Å². The zero-order valence-electron chi connectivity index (χ0n) is 11.8. The second kappa shape index (κ2) is 5.36. The van der Waals surface area contributed by atoms with Gasteiger partial charge in [-0.2, -0.15) is 16.4 Å². The molecular formula is C15H16N4S2. The molecule has 0 unspecified atom stereocenters. The first kappa shape index (κ1) is 13.2. The number of likely N-dealkylation sites (tertiary alicyclic amines) is 1. The van der Waals surface area contributed by atoms with Crippen LogP contribution in [0.2, 0.25) is 0 Å². The Balaban J connectivity index is 1.36. The lowest BCUT2D eigenvalue weighted by Gasteiger charge is -2.38. The molecule has 0 bridgehead atoms. The Labute approximate surface area is 131 Å². The number of rotatable bonds is 4. The largest absolute Gasteiger partial charge is 0.293 e. The highest BCUT2D eigenvalue weighted by Gasteiger charge is 2.29. The van der Waals surface area contributed by atoms with E-state index >= 15 is 0 Å². The second-order valence-corrected chi connectivity index (χ2v) is 7.14. The second-order valence-electron chi connectivity index (χ2n) is 5.50. The molecule has 4 heterocycles. The molecule has 21 heavy (non-hydrogen) atoms. The summed E-state index contributed by atoms with van der Waals surface area (Å²) in [7, 11) is 0. The molecule has 1 fully saturated rings. The van der Waals surface area contributed by atoms with Crippen LogP contribution >= 0.6 is 22.7 Å². The third kappa shape index (κ3) is 2.66. The summed E-state index contributed by atoms with van der Waals surface area (Å²) in [6, 6.07) is 2.65. The zero-order chi connectivity index (χ0) is 14.2. The maximum absolute atomic E-state index is 4.74. The first-order valence-electron chi connectivity index (χ1n) is 6.98. The maximum Gasteiger partial charge on any atom is 0.124 e. The van der Waals surface area contributed by atoms with E-state index in [-0.39, 0.29) is 0 Å². The third-order valence-electron chi connectivity index (χ3n) is 3.75. The van der Waals surface area contributed by atoms with Gasteiger partial charge in [0.15, 0.2) is 0 Å². The minimum absolute atomic E-state index is 0.522. The van der Waals surface area contributed by atoms with Crippen LogP contribution in [0.4, 0.5) is 0 Å². The van der Waals surface area contributed by atoms with Gasteiger partial charge >= 0.3 is 0 Å². The number of nitrogens with zero attached hydrogens (tertiary/aromatic N) is 4. The van der Waals surface area contributed by atoms with Gasteiger partial charge in [0, 0.05) is 42.2 Å². The number of thiazole rings is 1. The topological polar surface area (TPSA) is 34.0 Å². The van der Waals surface area contributed by atoms with E-state index in [1.54, 1.807) is 22.7 Å². The minimum atomic E-state index is 0.522. The molecule has 0 aromatic carbocycles. The van der Waals surface area contributed by atoms with Gasteiger partial charge in [-0.25, -0.2) is 4.98 Å². The fraction of sp³-hybridized carbons (Fsp3) is 0.333. The van der Waals surface area contributed by atoms with Crippen molar-refractivity contribution in [1.82, 2.24) is 19.7 Å². The molecule has 0 radical (unpaired) electrons. The van der Waals surface area contributed by atoms with Crippen LogP contribution in [0.15, 0.2) is 34.6 Å². The molecule has 0 aliphatic carbocycles. The molecule has 3 aromatic rings. The molecule has 3 aromatic heterocycles. The number of aryl methyl sites for hydroxylation is 1. The molecule has 108 valence electrons. The van der Waals surface area contributed by atoms with Crippen LogP contribution in [-0.4, -0.2) is 32.8 Å². The lowest BCUT2D eigenvalue weighted by Crippen LogP contribution is -2.47. The van der Waals surface area contributed by atoms with E-state index < -0.39 is 0 Å². The Kier molecular flexibility index (Phi) is 3.37. The van der Waals surface area contributed by atoms with Crippen LogP contribution in [0.25, 0.3) is 10.6 Å². The first-order valence-corrected chi connectivity index (χ1v) is 8.80. The summed E-state index contributed by atoms with van der Waals surface area (Å²) in [5.41, 5.74) is 3.65. The van der Waals surface area contributed by atoms with Crippen molar-refractivity contribution in [3.63, 3.8) is 0 Å². The van der Waals surface area contributed by atoms with E-state index in [4.69, 9.17) is 4.98 Å². The van der Waals surface area contributed by atoms with Crippen molar-refractivity contribution in [2.75, 3.05) is 13.1 Å². The van der Waals surface area contributed by atoms with Crippen LogP contribution < -0.4 is 0 Å². The number of aromatic nitrogens is 3. The first-order chi connectivity index (χ1) is 10.3. The molecule has 1 saturated heterocycles. The van der Waals surface area contributed by atoms with E-state index in [1.165, 1.54) is 16.8 Å². The molecule has 4 nitrogen and oxygen atoms in total. The van der Waals surface area contributed by atoms with Crippen molar-refractivity contribution in [2.24, 2.45) is 0 Å². The summed E-state index contributed by atoms with van der Waals surface area (Å²) in [5, 5.41) is 12.0. The van der Waals surface area contributed by atoms with Crippen molar-refractivity contribution in [1.29, 1.82) is 0 Å². The van der Waals surface area contributed by atoms with Gasteiger partial charge in [0.1, 0.15) is 5.01 Å². The standard InChI is InChI=1S/C15H16N4S2/c1-11-4-16-19(5-11)14-7-18(8-14)6-13-10-21-15(17-13)12-2-3-20-9-12/h2-5,9-10,14H,6-8H2,1H3. The van der Waals surface area contributed by atoms with Gasteiger partial charge in [-0.1, -0.05) is 0 Å². The predicted octanol–water partition coefficient (Wildman–Crippen LogP) is 3.43. The molecule has 4 rings (SSSR count). The van der Waals surface area contributed by atoms with Crippen molar-refractivity contribution < 1.29 is 0 Å². The van der Waals surface area contributed by atoms with E-state index in [9.17, 15) is 0 Å². The van der Waals surface area contributed by atoms with Gasteiger partial charge < -0.3 is 0 Å². The Morgan fingerprint density at radius 1 is 1.33 bits per heavy atom. The average molecular weight is 316 g/mol. The highest BCUT2D eigenvalue weighted by atomic mass is 32.1. The van der Waals surface area contributed by atoms with Gasteiger partial charge in [-0.3, -0.25) is 9.58 Å². The molecule has 1 aliphatic heterocycles. The van der Waals surface area contributed by atoms with Crippen molar-refractivity contribution in [3.8, 4) is 10.6 Å². The number of thiophene rings is 1. The number of hydrogen-bond donors (Lipinski definition) is 0. The predicted molar refractivity (Wildman–Crippen MR) is 86.7 cm³/mol. The van der Waals surface area contributed by atoms with Gasteiger partial charge in [0.25, 0.3) is 0 Å². The summed E-state index contributed by atoms with van der Waals surface area (Å²) >= 11 is 3.46. The van der Waals surface area contributed by atoms with Gasteiger partial charge in [0.05, 0.1) is 17.9 Å². The fourth-order valence-corrected chi connectivity index (χ4v) is 4.12. The highest BCUT2D eigenvalue weighted by Crippen LogP contribution is 2.28. The molecule has 0 spiro atoms. The van der Waals surface area contributed by atoms with E-state index in [0.29, 0.717) is 6.04 Å². The zero-order valence-corrected chi connectivity index (χ0v) is 13.4. The monoisotopic (exact) mass is 316 g/mol. The smallest absolute Gasteiger partial charge is 0.124 e. The lowest BCUT2D eigenvalue weighted by atomic mass is 10.1. The quantitative estimate of drug-likeness (QED) is 0.739. The maximum atomic E-state index is 4.74. The number of hydrogen-bond acceptors (Lipinski definition) is 5. The van der Waals surface area contributed by atoms with Crippen LogP contribution in [0, 0.1) is 6.92 Å². The van der Waals surface area contributed by atoms with Crippen molar-refractivity contribution >= 4 is 22.7 Å². The summed E-state index contributed by atoms with van der Waals surface area (Å²) < 4.78 is 2.09. The molecule has 1 aliphatic rings. The van der Waals surface area contributed by atoms with Gasteiger partial charge in [-0.05, 0) is 23.9 Å². The van der Waals surface area contributed by atoms with E-state index in [2.05, 4.69) is 50.0 Å². The minimum Gasteiger partial charge on any atom is -0.293 e. The normalized spacial score (nSPS) is 16.2. The summed E-state index contributed by atoms with van der Waals surface area (Å²) in [6.07, 6.45) is 4.05. The van der Waals surface area contributed by atoms with Crippen LogP contribution in [0.3, 0.4) is 0 Å². The molecule has 0 saturated carbocycles. The van der Waals surface area contributed by atoms with Gasteiger partial charge in [-0.15, -0.1) is 11.3 Å². The fourth-order valence-electron chi connectivity index (χ4n) is 2.60. The van der Waals surface area contributed by atoms with Crippen molar-refractivity contribution in [2.45, 2.75) is 19.5 Å². The summed E-state index contributed by atoms with van der Waals surface area (Å²) in [4.78, 5) is 7.16.